The highest BCUT2D eigenvalue weighted by molar-refractivity contribution is 6.69. The third-order valence-corrected chi connectivity index (χ3v) is 6.67. The van der Waals surface area contributed by atoms with E-state index in [1.165, 1.54) is 11.7 Å². The predicted molar refractivity (Wildman–Crippen MR) is 143 cm³/mol. The maximum Gasteiger partial charge on any atom is 0.419 e. The van der Waals surface area contributed by atoms with E-state index in [0.29, 0.717) is 48.5 Å². The lowest BCUT2D eigenvalue weighted by Crippen LogP contribution is -2.25. The van der Waals surface area contributed by atoms with Crippen molar-refractivity contribution in [3.63, 3.8) is 0 Å². The molecule has 3 aromatic rings. The van der Waals surface area contributed by atoms with Gasteiger partial charge in [-0.1, -0.05) is 22.8 Å². The van der Waals surface area contributed by atoms with Crippen molar-refractivity contribution >= 4 is 39.5 Å². The first-order valence-corrected chi connectivity index (χ1v) is 12.3. The number of benzene rings is 2. The van der Waals surface area contributed by atoms with Crippen LogP contribution in [-0.2, 0) is 16.6 Å². The SMILES string of the molecule is CO/N=C(\Cl)c1cc(/C(=C\CCCN2CCOC2=O)c2cc(C)c3oc(=O)n(C)c3c2)cc(C)c1OC. The van der Waals surface area contributed by atoms with Crippen molar-refractivity contribution < 1.29 is 23.5 Å². The van der Waals surface area contributed by atoms with Crippen molar-refractivity contribution in [1.82, 2.24) is 9.47 Å². The van der Waals surface area contributed by atoms with E-state index in [0.717, 1.165) is 34.2 Å². The number of nitrogens with zero attached hydrogens (tertiary/aromatic N) is 3. The lowest BCUT2D eigenvalue weighted by atomic mass is 9.92. The van der Waals surface area contributed by atoms with Gasteiger partial charge in [-0.25, -0.2) is 9.59 Å². The van der Waals surface area contributed by atoms with Crippen LogP contribution in [0.3, 0.4) is 0 Å². The van der Waals surface area contributed by atoms with E-state index in [-0.39, 0.29) is 11.3 Å². The van der Waals surface area contributed by atoms with Gasteiger partial charge in [0.2, 0.25) is 0 Å². The van der Waals surface area contributed by atoms with Crippen molar-refractivity contribution in [3.8, 4) is 5.75 Å². The first-order chi connectivity index (χ1) is 17.7. The Morgan fingerprint density at radius 1 is 1.14 bits per heavy atom. The molecule has 10 heteroatoms. The fourth-order valence-electron chi connectivity index (χ4n) is 4.59. The number of rotatable bonds is 9. The third kappa shape index (κ3) is 5.36. The molecule has 1 aliphatic rings. The minimum Gasteiger partial charge on any atom is -0.496 e. The van der Waals surface area contributed by atoms with Crippen LogP contribution in [-0.4, -0.2) is 54.6 Å². The number of ether oxygens (including phenoxy) is 2. The first-order valence-electron chi connectivity index (χ1n) is 11.9. The summed E-state index contributed by atoms with van der Waals surface area (Å²) in [7, 11) is 4.70. The number of halogens is 1. The molecule has 1 aromatic heterocycles. The molecule has 0 atom stereocenters. The number of methoxy groups -OCH3 is 1. The number of cyclic esters (lactones) is 1. The van der Waals surface area contributed by atoms with E-state index in [4.69, 9.17) is 30.3 Å². The number of carbonyl (C=O) groups is 1. The Morgan fingerprint density at radius 2 is 1.86 bits per heavy atom. The molecule has 0 saturated carbocycles. The van der Waals surface area contributed by atoms with Crippen LogP contribution in [0.4, 0.5) is 4.79 Å². The van der Waals surface area contributed by atoms with Gasteiger partial charge in [-0.05, 0) is 78.8 Å². The zero-order valence-corrected chi connectivity index (χ0v) is 22.3. The molecule has 0 N–H and O–H groups in total. The fourth-order valence-corrected chi connectivity index (χ4v) is 4.80. The standard InChI is InChI=1S/C27H30ClN3O6/c1-16-12-18(14-21(23(16)34-4)25(28)29-35-5)20(8-6-7-9-31-10-11-36-27(31)33)19-13-17(2)24-22(15-19)30(3)26(32)37-24/h8,12-15H,6-7,9-11H2,1-5H3/b20-8+,29-25-. The second-order valence-electron chi connectivity index (χ2n) is 8.87. The molecule has 37 heavy (non-hydrogen) atoms. The fraction of sp³-hybridized carbons (Fsp3) is 0.370. The molecule has 9 nitrogen and oxygen atoms in total. The average molecular weight is 528 g/mol. The van der Waals surface area contributed by atoms with Gasteiger partial charge in [-0.15, -0.1) is 0 Å². The molecule has 2 heterocycles. The van der Waals surface area contributed by atoms with Crippen LogP contribution in [0.2, 0.25) is 0 Å². The van der Waals surface area contributed by atoms with Crippen LogP contribution in [0, 0.1) is 13.8 Å². The van der Waals surface area contributed by atoms with Gasteiger partial charge in [-0.2, -0.15) is 0 Å². The Kier molecular flexibility index (Phi) is 7.92. The minimum absolute atomic E-state index is 0.167. The number of aryl methyl sites for hydroxylation is 3. The summed E-state index contributed by atoms with van der Waals surface area (Å²) in [5.41, 5.74) is 6.33. The molecule has 196 valence electrons. The summed E-state index contributed by atoms with van der Waals surface area (Å²) in [6, 6.07) is 7.88. The highest BCUT2D eigenvalue weighted by Crippen LogP contribution is 2.34. The van der Waals surface area contributed by atoms with Crippen molar-refractivity contribution in [3.05, 3.63) is 68.7 Å². The van der Waals surface area contributed by atoms with Crippen LogP contribution in [0.1, 0.15) is 40.7 Å². The molecule has 2 aromatic carbocycles. The maximum absolute atomic E-state index is 12.2. The highest BCUT2D eigenvalue weighted by atomic mass is 35.5. The predicted octanol–water partition coefficient (Wildman–Crippen LogP) is 4.97. The third-order valence-electron chi connectivity index (χ3n) is 6.40. The molecule has 0 aliphatic carbocycles. The van der Waals surface area contributed by atoms with E-state index in [1.54, 1.807) is 19.1 Å². The monoisotopic (exact) mass is 527 g/mol. The molecule has 1 amide bonds. The summed E-state index contributed by atoms with van der Waals surface area (Å²) >= 11 is 6.45. The minimum atomic E-state index is -0.414. The molecule has 1 saturated heterocycles. The lowest BCUT2D eigenvalue weighted by molar-refractivity contribution is 0.158. The Balaban J connectivity index is 1.81. The van der Waals surface area contributed by atoms with Gasteiger partial charge in [0.1, 0.15) is 19.5 Å². The summed E-state index contributed by atoms with van der Waals surface area (Å²) in [6.45, 7) is 5.50. The van der Waals surface area contributed by atoms with Crippen LogP contribution >= 0.6 is 11.6 Å². The normalized spacial score (nSPS) is 14.4. The van der Waals surface area contributed by atoms with Crippen LogP contribution in [0.15, 0.2) is 44.7 Å². The number of hydrogen-bond acceptors (Lipinski definition) is 7. The van der Waals surface area contributed by atoms with E-state index >= 15 is 0 Å². The van der Waals surface area contributed by atoms with Crippen molar-refractivity contribution in [2.75, 3.05) is 33.9 Å². The van der Waals surface area contributed by atoms with Gasteiger partial charge in [0.05, 0.1) is 24.7 Å². The molecule has 1 fully saturated rings. The second kappa shape index (κ2) is 11.1. The van der Waals surface area contributed by atoms with E-state index in [9.17, 15) is 9.59 Å². The quantitative estimate of drug-likeness (QED) is 0.221. The van der Waals surface area contributed by atoms with E-state index in [2.05, 4.69) is 11.2 Å². The smallest absolute Gasteiger partial charge is 0.419 e. The molecule has 1 aliphatic heterocycles. The Morgan fingerprint density at radius 3 is 2.54 bits per heavy atom. The summed E-state index contributed by atoms with van der Waals surface area (Å²) in [5, 5.41) is 4.06. The average Bonchev–Trinajstić information content (AvgIpc) is 3.41. The topological polar surface area (TPSA) is 95.5 Å². The van der Waals surface area contributed by atoms with E-state index in [1.807, 2.05) is 38.1 Å². The zero-order valence-electron chi connectivity index (χ0n) is 21.6. The summed E-state index contributed by atoms with van der Waals surface area (Å²) in [6.07, 6.45) is 3.33. The Labute approximate surface area is 219 Å². The van der Waals surface area contributed by atoms with Gasteiger partial charge in [0.25, 0.3) is 0 Å². The van der Waals surface area contributed by atoms with Crippen LogP contribution in [0.25, 0.3) is 16.7 Å². The number of amides is 1. The number of oxime groups is 1. The molecular weight excluding hydrogens is 498 g/mol. The number of fused-ring (bicyclic) bond motifs is 1. The Hall–Kier alpha value is -3.72. The molecule has 0 radical (unpaired) electrons. The van der Waals surface area contributed by atoms with Crippen LogP contribution < -0.4 is 10.5 Å². The number of hydrogen-bond donors (Lipinski definition) is 0. The number of allylic oxidation sites excluding steroid dienone is 1. The zero-order chi connectivity index (χ0) is 26.7. The molecule has 0 bridgehead atoms. The largest absolute Gasteiger partial charge is 0.496 e. The van der Waals surface area contributed by atoms with Gasteiger partial charge < -0.3 is 23.6 Å². The summed E-state index contributed by atoms with van der Waals surface area (Å²) < 4.78 is 17.6. The number of aromatic nitrogens is 1. The Bertz CT molecular complexity index is 1450. The summed E-state index contributed by atoms with van der Waals surface area (Å²) in [5.74, 6) is 0.189. The van der Waals surface area contributed by atoms with Gasteiger partial charge in [0, 0.05) is 13.6 Å². The number of carbonyl (C=O) groups excluding carboxylic acids is 1. The lowest BCUT2D eigenvalue weighted by Gasteiger charge is -2.16. The summed E-state index contributed by atoms with van der Waals surface area (Å²) in [4.78, 5) is 30.6. The maximum atomic E-state index is 12.2. The van der Waals surface area contributed by atoms with Crippen molar-refractivity contribution in [1.29, 1.82) is 0 Å². The number of oxazole rings is 1. The van der Waals surface area contributed by atoms with Gasteiger partial charge in [-0.3, -0.25) is 4.57 Å². The molecule has 0 spiro atoms. The molecular formula is C27H30ClN3O6. The molecule has 4 rings (SSSR count). The first kappa shape index (κ1) is 26.3. The van der Waals surface area contributed by atoms with Gasteiger partial charge >= 0.3 is 11.8 Å². The van der Waals surface area contributed by atoms with Gasteiger partial charge in [0.15, 0.2) is 10.8 Å². The van der Waals surface area contributed by atoms with Crippen molar-refractivity contribution in [2.45, 2.75) is 26.7 Å². The second-order valence-corrected chi connectivity index (χ2v) is 9.23. The van der Waals surface area contributed by atoms with Crippen LogP contribution in [0.5, 0.6) is 5.75 Å². The molecule has 0 unspecified atom stereocenters. The van der Waals surface area contributed by atoms with Crippen molar-refractivity contribution in [2.24, 2.45) is 12.2 Å². The highest BCUT2D eigenvalue weighted by Gasteiger charge is 2.21. The number of unbranched alkanes of at least 4 members (excludes halogenated alkanes) is 1. The van der Waals surface area contributed by atoms with E-state index < -0.39 is 5.76 Å².